The van der Waals surface area contributed by atoms with E-state index in [2.05, 4.69) is 40.5 Å². The van der Waals surface area contributed by atoms with Gasteiger partial charge in [0, 0.05) is 57.1 Å². The van der Waals surface area contributed by atoms with Gasteiger partial charge in [0.25, 0.3) is 0 Å². The zero-order valence-corrected chi connectivity index (χ0v) is 19.2. The number of fused-ring (bicyclic) bond motifs is 2. The molecular weight excluding hydrogens is 468 g/mol. The van der Waals surface area contributed by atoms with Crippen molar-refractivity contribution >= 4 is 39.5 Å². The highest BCUT2D eigenvalue weighted by atomic mass is 19.1. The topological polar surface area (TPSA) is 106 Å². The van der Waals surface area contributed by atoms with E-state index in [9.17, 15) is 8.78 Å². The molecular formula is C24H21F2N9O. The lowest BCUT2D eigenvalue weighted by Crippen LogP contribution is -2.44. The van der Waals surface area contributed by atoms with Gasteiger partial charge in [-0.1, -0.05) is 0 Å². The van der Waals surface area contributed by atoms with E-state index in [0.717, 1.165) is 43.8 Å². The predicted molar refractivity (Wildman–Crippen MR) is 131 cm³/mol. The normalized spacial score (nSPS) is 13.9. The second kappa shape index (κ2) is 8.96. The van der Waals surface area contributed by atoms with Gasteiger partial charge < -0.3 is 24.8 Å². The summed E-state index contributed by atoms with van der Waals surface area (Å²) in [6.45, 7) is 3.21. The number of anilines is 3. The van der Waals surface area contributed by atoms with Crippen molar-refractivity contribution in [3.63, 3.8) is 0 Å². The van der Waals surface area contributed by atoms with Crippen LogP contribution in [0.5, 0.6) is 11.5 Å². The average Bonchev–Trinajstić information content (AvgIpc) is 3.26. The number of aromatic nitrogens is 6. The highest BCUT2D eigenvalue weighted by Crippen LogP contribution is 2.33. The molecule has 12 heteroatoms. The smallest absolute Gasteiger partial charge is 0.226 e. The number of nitrogens with zero attached hydrogens (tertiary/aromatic N) is 7. The van der Waals surface area contributed by atoms with E-state index in [1.54, 1.807) is 30.7 Å². The van der Waals surface area contributed by atoms with E-state index in [0.29, 0.717) is 28.3 Å². The summed E-state index contributed by atoms with van der Waals surface area (Å²) in [5.74, 6) is -1.11. The molecule has 36 heavy (non-hydrogen) atoms. The number of aryl methyl sites for hydroxylation is 1. The standard InChI is InChI=1S/C24H21F2N9O/c1-34-13-31-18-10-15(2-3-20(18)34)36-22-16(25)8-14(9-17(22)26)32-23-21-19(29-12-30-23)11-28-24(33-21)35-6-4-27-5-7-35/h2-3,8-13,27H,4-7H2,1H3,(H,29,30,32). The van der Waals surface area contributed by atoms with Crippen LogP contribution < -0.4 is 20.3 Å². The minimum atomic E-state index is -0.867. The van der Waals surface area contributed by atoms with E-state index in [1.807, 2.05) is 11.6 Å². The summed E-state index contributed by atoms with van der Waals surface area (Å²) in [5.41, 5.74) is 2.65. The maximum Gasteiger partial charge on any atom is 0.226 e. The van der Waals surface area contributed by atoms with Gasteiger partial charge in [-0.25, -0.2) is 33.7 Å². The minimum absolute atomic E-state index is 0.153. The number of benzene rings is 2. The molecule has 2 aromatic carbocycles. The minimum Gasteiger partial charge on any atom is -0.451 e. The quantitative estimate of drug-likeness (QED) is 0.384. The molecule has 1 aliphatic heterocycles. The van der Waals surface area contributed by atoms with Crippen LogP contribution in [-0.4, -0.2) is 55.7 Å². The van der Waals surface area contributed by atoms with Gasteiger partial charge in [-0.3, -0.25) is 0 Å². The highest BCUT2D eigenvalue weighted by molar-refractivity contribution is 5.87. The molecule has 0 aliphatic carbocycles. The first-order chi connectivity index (χ1) is 17.5. The lowest BCUT2D eigenvalue weighted by atomic mass is 10.2. The Bertz CT molecular complexity index is 1560. The van der Waals surface area contributed by atoms with Gasteiger partial charge in [-0.05, 0) is 12.1 Å². The van der Waals surface area contributed by atoms with Crippen LogP contribution in [0.25, 0.3) is 22.1 Å². The molecule has 6 rings (SSSR count). The third kappa shape index (κ3) is 4.11. The first kappa shape index (κ1) is 22.0. The number of piperazine rings is 1. The summed E-state index contributed by atoms with van der Waals surface area (Å²) in [7, 11) is 1.86. The van der Waals surface area contributed by atoms with Gasteiger partial charge in [-0.2, -0.15) is 0 Å². The molecule has 0 saturated carbocycles. The Balaban J connectivity index is 1.28. The van der Waals surface area contributed by atoms with E-state index in [4.69, 9.17) is 4.74 Å². The number of rotatable bonds is 5. The maximum absolute atomic E-state index is 14.9. The van der Waals surface area contributed by atoms with Crippen LogP contribution >= 0.6 is 0 Å². The zero-order chi connectivity index (χ0) is 24.6. The second-order valence-corrected chi connectivity index (χ2v) is 8.37. The molecule has 0 bridgehead atoms. The van der Waals surface area contributed by atoms with Crippen molar-refractivity contribution in [2.45, 2.75) is 0 Å². The van der Waals surface area contributed by atoms with E-state index in [1.165, 1.54) is 6.33 Å². The molecule has 1 aliphatic rings. The third-order valence-corrected chi connectivity index (χ3v) is 5.94. The zero-order valence-electron chi connectivity index (χ0n) is 19.2. The van der Waals surface area contributed by atoms with Crippen LogP contribution in [0, 0.1) is 11.6 Å². The fourth-order valence-electron chi connectivity index (χ4n) is 4.12. The Labute approximate surface area is 204 Å². The van der Waals surface area contributed by atoms with Crippen LogP contribution in [0.15, 0.2) is 49.2 Å². The van der Waals surface area contributed by atoms with Crippen molar-refractivity contribution < 1.29 is 13.5 Å². The molecule has 5 aromatic rings. The SMILES string of the molecule is Cn1cnc2cc(Oc3c(F)cc(Nc4ncnc5cnc(N6CCNCC6)nc45)cc3F)ccc21. The van der Waals surface area contributed by atoms with Crippen molar-refractivity contribution in [1.29, 1.82) is 0 Å². The van der Waals surface area contributed by atoms with Crippen LogP contribution in [0.4, 0.5) is 26.2 Å². The summed E-state index contributed by atoms with van der Waals surface area (Å²) >= 11 is 0. The Morgan fingerprint density at radius 3 is 2.58 bits per heavy atom. The summed E-state index contributed by atoms with van der Waals surface area (Å²) < 4.78 is 37.3. The molecule has 1 fully saturated rings. The van der Waals surface area contributed by atoms with Gasteiger partial charge in [0.15, 0.2) is 23.2 Å². The molecule has 0 amide bonds. The fourth-order valence-corrected chi connectivity index (χ4v) is 4.12. The molecule has 182 valence electrons. The van der Waals surface area contributed by atoms with Crippen molar-refractivity contribution in [2.24, 2.45) is 7.05 Å². The van der Waals surface area contributed by atoms with Crippen molar-refractivity contribution in [3.05, 3.63) is 60.8 Å². The lowest BCUT2D eigenvalue weighted by Gasteiger charge is -2.27. The predicted octanol–water partition coefficient (Wildman–Crippen LogP) is 3.53. The fraction of sp³-hybridized carbons (Fsp3) is 0.208. The molecule has 0 spiro atoms. The van der Waals surface area contributed by atoms with Crippen LogP contribution in [0.1, 0.15) is 0 Å². The number of halogens is 2. The molecule has 4 heterocycles. The molecule has 3 aromatic heterocycles. The average molecular weight is 489 g/mol. The number of imidazole rings is 1. The maximum atomic E-state index is 14.9. The summed E-state index contributed by atoms with van der Waals surface area (Å²) in [4.78, 5) is 23.8. The third-order valence-electron chi connectivity index (χ3n) is 5.94. The van der Waals surface area contributed by atoms with Crippen molar-refractivity contribution in [2.75, 3.05) is 36.4 Å². The monoisotopic (exact) mass is 489 g/mol. The summed E-state index contributed by atoms with van der Waals surface area (Å²) in [6.07, 6.45) is 4.62. The van der Waals surface area contributed by atoms with Crippen molar-refractivity contribution in [1.82, 2.24) is 34.8 Å². The molecule has 0 radical (unpaired) electrons. The van der Waals surface area contributed by atoms with Gasteiger partial charge in [0.2, 0.25) is 5.95 Å². The van der Waals surface area contributed by atoms with Gasteiger partial charge in [0.1, 0.15) is 23.1 Å². The Morgan fingerprint density at radius 1 is 0.972 bits per heavy atom. The number of hydrogen-bond donors (Lipinski definition) is 2. The van der Waals surface area contributed by atoms with Gasteiger partial charge in [-0.15, -0.1) is 0 Å². The summed E-state index contributed by atoms with van der Waals surface area (Å²) in [6, 6.07) is 7.33. The first-order valence-corrected chi connectivity index (χ1v) is 11.3. The van der Waals surface area contributed by atoms with Crippen LogP contribution in [-0.2, 0) is 7.05 Å². The second-order valence-electron chi connectivity index (χ2n) is 8.37. The van der Waals surface area contributed by atoms with E-state index in [-0.39, 0.29) is 11.4 Å². The van der Waals surface area contributed by atoms with Crippen LogP contribution in [0.3, 0.4) is 0 Å². The first-order valence-electron chi connectivity index (χ1n) is 11.3. The molecule has 1 saturated heterocycles. The van der Waals surface area contributed by atoms with Gasteiger partial charge >= 0.3 is 0 Å². The van der Waals surface area contributed by atoms with Crippen molar-refractivity contribution in [3.8, 4) is 11.5 Å². The lowest BCUT2D eigenvalue weighted by molar-refractivity contribution is 0.408. The molecule has 2 N–H and O–H groups in total. The summed E-state index contributed by atoms with van der Waals surface area (Å²) in [5, 5.41) is 6.24. The Morgan fingerprint density at radius 2 is 1.78 bits per heavy atom. The van der Waals surface area contributed by atoms with Crippen LogP contribution in [0.2, 0.25) is 0 Å². The number of hydrogen-bond acceptors (Lipinski definition) is 9. The Hall–Kier alpha value is -4.45. The Kier molecular flexibility index (Phi) is 5.49. The van der Waals surface area contributed by atoms with E-state index < -0.39 is 17.4 Å². The molecule has 10 nitrogen and oxygen atoms in total. The highest BCUT2D eigenvalue weighted by Gasteiger charge is 2.18. The number of nitrogens with one attached hydrogen (secondary N) is 2. The molecule has 0 atom stereocenters. The van der Waals surface area contributed by atoms with E-state index >= 15 is 0 Å². The van der Waals surface area contributed by atoms with Gasteiger partial charge in [0.05, 0.1) is 23.6 Å². The molecule has 0 unspecified atom stereocenters. The largest absolute Gasteiger partial charge is 0.451 e. The number of ether oxygens (including phenoxy) is 1.